The van der Waals surface area contributed by atoms with Crippen molar-refractivity contribution in [2.24, 2.45) is 0 Å². The van der Waals surface area contributed by atoms with Gasteiger partial charge < -0.3 is 4.80 Å². The summed E-state index contributed by atoms with van der Waals surface area (Å²) in [6.45, 7) is 6.32. The van der Waals surface area contributed by atoms with E-state index in [2.05, 4.69) is 25.3 Å². The SMILES string of the molecule is C=C(C#Cc1ccccc1[Si](O)(c1ccccc1)c1ccccc1)CCCCC. The molecule has 0 spiro atoms. The summed E-state index contributed by atoms with van der Waals surface area (Å²) in [6.07, 6.45) is 4.45. The van der Waals surface area contributed by atoms with Crippen molar-refractivity contribution in [3.63, 3.8) is 0 Å². The van der Waals surface area contributed by atoms with E-state index in [1.807, 2.05) is 84.9 Å². The van der Waals surface area contributed by atoms with Gasteiger partial charge in [0.25, 0.3) is 8.32 Å². The highest BCUT2D eigenvalue weighted by atomic mass is 28.4. The molecule has 1 N–H and O–H groups in total. The lowest BCUT2D eigenvalue weighted by molar-refractivity contribution is 0.583. The molecule has 146 valence electrons. The Hall–Kier alpha value is -2.86. The number of hydrogen-bond donors (Lipinski definition) is 1. The molecule has 0 aliphatic rings. The van der Waals surface area contributed by atoms with Gasteiger partial charge in [0.05, 0.1) is 0 Å². The van der Waals surface area contributed by atoms with Crippen LogP contribution in [-0.2, 0) is 0 Å². The van der Waals surface area contributed by atoms with E-state index < -0.39 is 8.32 Å². The molecule has 0 amide bonds. The van der Waals surface area contributed by atoms with E-state index in [9.17, 15) is 4.80 Å². The zero-order valence-corrected chi connectivity index (χ0v) is 18.1. The number of hydrogen-bond acceptors (Lipinski definition) is 1. The fourth-order valence-corrected chi connectivity index (χ4v) is 6.73. The van der Waals surface area contributed by atoms with Gasteiger partial charge in [0.15, 0.2) is 0 Å². The molecule has 0 radical (unpaired) electrons. The third-order valence-corrected chi connectivity index (χ3v) is 8.71. The Bertz CT molecular complexity index is 957. The number of rotatable bonds is 7. The van der Waals surface area contributed by atoms with Gasteiger partial charge in [-0.05, 0) is 40.0 Å². The molecule has 0 saturated carbocycles. The second kappa shape index (κ2) is 10.1. The van der Waals surface area contributed by atoms with Crippen LogP contribution < -0.4 is 15.6 Å². The fourth-order valence-electron chi connectivity index (χ4n) is 3.55. The minimum atomic E-state index is -3.16. The van der Waals surface area contributed by atoms with Gasteiger partial charge in [0.2, 0.25) is 0 Å². The molecular weight excluding hydrogens is 368 g/mol. The quantitative estimate of drug-likeness (QED) is 0.275. The summed E-state index contributed by atoms with van der Waals surface area (Å²) in [7, 11) is -3.16. The van der Waals surface area contributed by atoms with Crippen molar-refractivity contribution in [2.75, 3.05) is 0 Å². The van der Waals surface area contributed by atoms with E-state index in [1.165, 1.54) is 12.8 Å². The van der Waals surface area contributed by atoms with Gasteiger partial charge in [-0.3, -0.25) is 0 Å². The molecule has 1 nitrogen and oxygen atoms in total. The zero-order valence-electron chi connectivity index (χ0n) is 17.1. The molecule has 3 rings (SSSR count). The average Bonchev–Trinajstić information content (AvgIpc) is 2.79. The van der Waals surface area contributed by atoms with E-state index in [4.69, 9.17) is 0 Å². The van der Waals surface area contributed by atoms with Crippen molar-refractivity contribution < 1.29 is 4.80 Å². The third kappa shape index (κ3) is 4.95. The summed E-state index contributed by atoms with van der Waals surface area (Å²) >= 11 is 0. The molecule has 0 aliphatic carbocycles. The van der Waals surface area contributed by atoms with Crippen LogP contribution >= 0.6 is 0 Å². The number of benzene rings is 3. The second-order valence-electron chi connectivity index (χ2n) is 7.30. The molecule has 3 aromatic rings. The molecule has 0 bridgehead atoms. The van der Waals surface area contributed by atoms with E-state index in [-0.39, 0.29) is 0 Å². The third-order valence-electron chi connectivity index (χ3n) is 5.16. The largest absolute Gasteiger partial charge is 0.421 e. The lowest BCUT2D eigenvalue weighted by Gasteiger charge is -2.28. The highest BCUT2D eigenvalue weighted by Crippen LogP contribution is 2.09. The van der Waals surface area contributed by atoms with Gasteiger partial charge in [-0.15, -0.1) is 0 Å². The van der Waals surface area contributed by atoms with Crippen LogP contribution in [0.3, 0.4) is 0 Å². The molecule has 2 heteroatoms. The summed E-state index contributed by atoms with van der Waals surface area (Å²) in [5.41, 5.74) is 1.84. The van der Waals surface area contributed by atoms with Crippen LogP contribution in [0.25, 0.3) is 0 Å². The Balaban J connectivity index is 2.06. The van der Waals surface area contributed by atoms with Crippen LogP contribution in [0.2, 0.25) is 0 Å². The van der Waals surface area contributed by atoms with Gasteiger partial charge in [0.1, 0.15) is 0 Å². The molecular formula is C27H28OSi. The molecule has 0 saturated heterocycles. The minimum Gasteiger partial charge on any atom is -0.421 e. The average molecular weight is 397 g/mol. The molecule has 0 aromatic heterocycles. The Kier molecular flexibility index (Phi) is 7.24. The molecule has 0 unspecified atom stereocenters. The van der Waals surface area contributed by atoms with E-state index in [1.54, 1.807) is 0 Å². The standard InChI is InChI=1S/C27H28OSi/c1-3-4-7-14-23(2)21-22-24-15-12-13-20-27(24)29(28,25-16-8-5-9-17-25)26-18-10-6-11-19-26/h5-6,8-13,15-20,28H,2-4,7,14H2,1H3. The summed E-state index contributed by atoms with van der Waals surface area (Å²) in [6, 6.07) is 28.0. The molecule has 0 heterocycles. The zero-order chi connectivity index (χ0) is 20.5. The van der Waals surface area contributed by atoms with Crippen molar-refractivity contribution in [3.05, 3.63) is 103 Å². The van der Waals surface area contributed by atoms with Gasteiger partial charge in [-0.2, -0.15) is 0 Å². The summed E-state index contributed by atoms with van der Waals surface area (Å²) < 4.78 is 0. The Morgan fingerprint density at radius 2 is 1.38 bits per heavy atom. The fraction of sp³-hybridized carbons (Fsp3) is 0.185. The van der Waals surface area contributed by atoms with Crippen LogP contribution in [0.1, 0.15) is 38.2 Å². The van der Waals surface area contributed by atoms with Gasteiger partial charge in [-0.1, -0.05) is 117 Å². The molecule has 0 aliphatic heterocycles. The Morgan fingerprint density at radius 1 is 0.828 bits per heavy atom. The summed E-state index contributed by atoms with van der Waals surface area (Å²) in [5.74, 6) is 6.55. The highest BCUT2D eigenvalue weighted by molar-refractivity contribution is 7.06. The van der Waals surface area contributed by atoms with Crippen molar-refractivity contribution in [3.8, 4) is 11.8 Å². The maximum absolute atomic E-state index is 12.2. The second-order valence-corrected chi connectivity index (χ2v) is 10.4. The van der Waals surface area contributed by atoms with Crippen LogP contribution in [-0.4, -0.2) is 13.1 Å². The summed E-state index contributed by atoms with van der Waals surface area (Å²) in [4.78, 5) is 12.2. The van der Waals surface area contributed by atoms with Gasteiger partial charge >= 0.3 is 0 Å². The highest BCUT2D eigenvalue weighted by Gasteiger charge is 2.39. The topological polar surface area (TPSA) is 20.2 Å². The van der Waals surface area contributed by atoms with E-state index in [0.717, 1.165) is 39.5 Å². The monoisotopic (exact) mass is 396 g/mol. The first-order chi connectivity index (χ1) is 14.2. The predicted molar refractivity (Wildman–Crippen MR) is 126 cm³/mol. The van der Waals surface area contributed by atoms with Gasteiger partial charge in [-0.25, -0.2) is 0 Å². The minimum absolute atomic E-state index is 0.881. The predicted octanol–water partition coefficient (Wildman–Crippen LogP) is 4.13. The van der Waals surface area contributed by atoms with Crippen molar-refractivity contribution in [2.45, 2.75) is 32.6 Å². The van der Waals surface area contributed by atoms with Gasteiger partial charge in [0, 0.05) is 5.56 Å². The lowest BCUT2D eigenvalue weighted by atomic mass is 10.1. The van der Waals surface area contributed by atoms with Crippen LogP contribution in [0.15, 0.2) is 97.1 Å². The number of unbranched alkanes of at least 4 members (excludes halogenated alkanes) is 2. The Labute approximate surface area is 175 Å². The van der Waals surface area contributed by atoms with Crippen LogP contribution in [0, 0.1) is 11.8 Å². The van der Waals surface area contributed by atoms with E-state index >= 15 is 0 Å². The molecule has 0 fully saturated rings. The van der Waals surface area contributed by atoms with E-state index in [0.29, 0.717) is 0 Å². The normalized spacial score (nSPS) is 10.8. The molecule has 3 aromatic carbocycles. The first-order valence-electron chi connectivity index (χ1n) is 10.3. The smallest absolute Gasteiger partial charge is 0.286 e. The van der Waals surface area contributed by atoms with Crippen LogP contribution in [0.5, 0.6) is 0 Å². The van der Waals surface area contributed by atoms with Crippen molar-refractivity contribution >= 4 is 23.9 Å². The number of allylic oxidation sites excluding steroid dienone is 1. The van der Waals surface area contributed by atoms with Crippen molar-refractivity contribution in [1.82, 2.24) is 0 Å². The Morgan fingerprint density at radius 3 is 1.97 bits per heavy atom. The molecule has 29 heavy (non-hydrogen) atoms. The van der Waals surface area contributed by atoms with Crippen LogP contribution in [0.4, 0.5) is 0 Å². The van der Waals surface area contributed by atoms with Crippen molar-refractivity contribution in [1.29, 1.82) is 0 Å². The molecule has 0 atom stereocenters. The lowest BCUT2D eigenvalue weighted by Crippen LogP contribution is -2.68. The first-order valence-corrected chi connectivity index (χ1v) is 12.2. The maximum Gasteiger partial charge on any atom is 0.286 e. The first kappa shape index (κ1) is 20.9. The summed E-state index contributed by atoms with van der Waals surface area (Å²) in [5, 5.41) is 2.84. The maximum atomic E-state index is 12.2.